The molecule has 0 saturated heterocycles. The number of benzene rings is 3. The van der Waals surface area contributed by atoms with Gasteiger partial charge in [-0.25, -0.2) is 4.79 Å². The second-order valence-corrected chi connectivity index (χ2v) is 8.63. The fraction of sp³-hybridized carbons (Fsp3) is 0.286. The number of amides is 1. The smallest absolute Gasteiger partial charge is 0.341 e. The molecule has 0 aromatic heterocycles. The first kappa shape index (κ1) is 25.1. The van der Waals surface area contributed by atoms with Crippen LogP contribution in [0.1, 0.15) is 29.6 Å². The van der Waals surface area contributed by atoms with Crippen LogP contribution in [-0.2, 0) is 4.79 Å². The highest BCUT2D eigenvalue weighted by Gasteiger charge is 2.38. The van der Waals surface area contributed by atoms with E-state index in [9.17, 15) is 14.7 Å². The lowest BCUT2D eigenvalue weighted by molar-refractivity contribution is -0.139. The number of para-hydroxylation sites is 3. The van der Waals surface area contributed by atoms with Crippen molar-refractivity contribution in [2.75, 3.05) is 13.7 Å². The molecule has 3 atom stereocenters. The zero-order valence-corrected chi connectivity index (χ0v) is 19.9. The number of aliphatic carboxylic acids is 1. The fourth-order valence-electron chi connectivity index (χ4n) is 4.30. The monoisotopic (exact) mass is 491 g/mol. The first-order chi connectivity index (χ1) is 17.4. The lowest BCUT2D eigenvalue weighted by Crippen LogP contribution is -2.53. The number of carboxylic acids is 1. The number of aliphatic hydroxyl groups excluding tert-OH is 1. The van der Waals surface area contributed by atoms with Crippen LogP contribution < -0.4 is 14.2 Å². The molecule has 0 radical (unpaired) electrons. The second-order valence-electron chi connectivity index (χ2n) is 8.63. The number of hydrogen-bond donors (Lipinski definition) is 2. The van der Waals surface area contributed by atoms with Crippen LogP contribution in [0.3, 0.4) is 0 Å². The third-order valence-electron chi connectivity index (χ3n) is 6.12. The molecule has 0 bridgehead atoms. The standard InChI is InChI=1S/C28H29NO7/c1-29(28(33)19-9-7-12-21(17-19)34-18-26(30)31)22-13-8-16-25(27(22)32)36-24-15-6-5-14-23(24)35-20-10-3-2-4-11-20/h2-7,9-12,14-15,17,22,25,27,32H,8,13,16,18H2,1H3,(H,30,31)/t22-,25-,27-/m1/s1. The van der Waals surface area contributed by atoms with E-state index >= 15 is 0 Å². The fourth-order valence-corrected chi connectivity index (χ4v) is 4.30. The Morgan fingerprint density at radius 2 is 1.61 bits per heavy atom. The maximum atomic E-state index is 13.2. The molecule has 0 spiro atoms. The Bertz CT molecular complexity index is 1180. The lowest BCUT2D eigenvalue weighted by atomic mass is 9.88. The summed E-state index contributed by atoms with van der Waals surface area (Å²) in [5.41, 5.74) is 0.345. The van der Waals surface area contributed by atoms with E-state index in [1.54, 1.807) is 31.3 Å². The zero-order chi connectivity index (χ0) is 25.5. The highest BCUT2D eigenvalue weighted by atomic mass is 16.5. The Balaban J connectivity index is 1.45. The van der Waals surface area contributed by atoms with Gasteiger partial charge in [0.1, 0.15) is 23.7 Å². The molecule has 8 nitrogen and oxygen atoms in total. The summed E-state index contributed by atoms with van der Waals surface area (Å²) in [5, 5.41) is 20.0. The van der Waals surface area contributed by atoms with Gasteiger partial charge in [0.25, 0.3) is 5.91 Å². The summed E-state index contributed by atoms with van der Waals surface area (Å²) in [6.07, 6.45) is 0.597. The molecule has 1 fully saturated rings. The van der Waals surface area contributed by atoms with Crippen molar-refractivity contribution in [3.63, 3.8) is 0 Å². The molecule has 0 heterocycles. The van der Waals surface area contributed by atoms with Crippen LogP contribution in [0.15, 0.2) is 78.9 Å². The molecule has 1 saturated carbocycles. The van der Waals surface area contributed by atoms with E-state index in [0.717, 1.165) is 6.42 Å². The van der Waals surface area contributed by atoms with Crippen LogP contribution in [0.4, 0.5) is 0 Å². The number of carbonyl (C=O) groups is 2. The predicted octanol–water partition coefficient (Wildman–Crippen LogP) is 4.38. The van der Waals surface area contributed by atoms with Crippen molar-refractivity contribution < 1.29 is 34.0 Å². The van der Waals surface area contributed by atoms with E-state index in [2.05, 4.69) is 0 Å². The molecular weight excluding hydrogens is 462 g/mol. The summed E-state index contributed by atoms with van der Waals surface area (Å²) < 4.78 is 17.4. The summed E-state index contributed by atoms with van der Waals surface area (Å²) >= 11 is 0. The molecule has 1 aliphatic rings. The van der Waals surface area contributed by atoms with Gasteiger partial charge in [-0.3, -0.25) is 4.79 Å². The van der Waals surface area contributed by atoms with Gasteiger partial charge in [-0.1, -0.05) is 36.4 Å². The van der Waals surface area contributed by atoms with E-state index in [1.165, 1.54) is 11.0 Å². The lowest BCUT2D eigenvalue weighted by Gasteiger charge is -2.39. The summed E-state index contributed by atoms with van der Waals surface area (Å²) in [6.45, 7) is -0.497. The molecule has 8 heteroatoms. The largest absolute Gasteiger partial charge is 0.484 e. The van der Waals surface area contributed by atoms with Gasteiger partial charge in [0.15, 0.2) is 18.1 Å². The topological polar surface area (TPSA) is 106 Å². The quantitative estimate of drug-likeness (QED) is 0.458. The van der Waals surface area contributed by atoms with Crippen molar-refractivity contribution in [2.45, 2.75) is 37.5 Å². The van der Waals surface area contributed by atoms with E-state index in [-0.39, 0.29) is 11.7 Å². The minimum absolute atomic E-state index is 0.289. The van der Waals surface area contributed by atoms with Gasteiger partial charge in [0, 0.05) is 12.6 Å². The molecule has 36 heavy (non-hydrogen) atoms. The highest BCUT2D eigenvalue weighted by Crippen LogP contribution is 2.35. The normalized spacial score (nSPS) is 19.2. The third-order valence-corrected chi connectivity index (χ3v) is 6.12. The van der Waals surface area contributed by atoms with Crippen molar-refractivity contribution in [1.82, 2.24) is 4.90 Å². The van der Waals surface area contributed by atoms with Gasteiger partial charge in [0.2, 0.25) is 0 Å². The van der Waals surface area contributed by atoms with Gasteiger partial charge in [0.05, 0.1) is 6.04 Å². The second kappa shape index (κ2) is 11.6. The summed E-state index contributed by atoms with van der Waals surface area (Å²) in [4.78, 5) is 25.5. The Morgan fingerprint density at radius 3 is 2.36 bits per heavy atom. The summed E-state index contributed by atoms with van der Waals surface area (Å²) in [7, 11) is 1.65. The number of ether oxygens (including phenoxy) is 3. The number of nitrogens with zero attached hydrogens (tertiary/aromatic N) is 1. The summed E-state index contributed by atoms with van der Waals surface area (Å²) in [6, 6.07) is 22.6. The number of likely N-dealkylation sites (N-methyl/N-ethyl adjacent to an activating group) is 1. The zero-order valence-electron chi connectivity index (χ0n) is 19.9. The average molecular weight is 492 g/mol. The molecule has 0 unspecified atom stereocenters. The first-order valence-corrected chi connectivity index (χ1v) is 11.8. The number of carboxylic acid groups (broad SMARTS) is 1. The molecule has 4 rings (SSSR count). The molecule has 1 amide bonds. The van der Waals surface area contributed by atoms with Crippen LogP contribution in [0, 0.1) is 0 Å². The van der Waals surface area contributed by atoms with Crippen molar-refractivity contribution in [1.29, 1.82) is 0 Å². The molecule has 188 valence electrons. The van der Waals surface area contributed by atoms with Gasteiger partial charge < -0.3 is 29.3 Å². The molecular formula is C28H29NO7. The maximum absolute atomic E-state index is 13.2. The van der Waals surface area contributed by atoms with Gasteiger partial charge in [-0.2, -0.15) is 0 Å². The van der Waals surface area contributed by atoms with Crippen LogP contribution in [0.25, 0.3) is 0 Å². The van der Waals surface area contributed by atoms with E-state index in [0.29, 0.717) is 35.7 Å². The van der Waals surface area contributed by atoms with Crippen LogP contribution >= 0.6 is 0 Å². The van der Waals surface area contributed by atoms with Crippen molar-refractivity contribution in [2.24, 2.45) is 0 Å². The van der Waals surface area contributed by atoms with Gasteiger partial charge in [-0.15, -0.1) is 0 Å². The van der Waals surface area contributed by atoms with Crippen LogP contribution in [0.5, 0.6) is 23.0 Å². The van der Waals surface area contributed by atoms with Gasteiger partial charge >= 0.3 is 5.97 Å². The van der Waals surface area contributed by atoms with E-state index < -0.39 is 30.8 Å². The Labute approximate surface area is 209 Å². The summed E-state index contributed by atoms with van der Waals surface area (Å²) in [5.74, 6) is 0.626. The third kappa shape index (κ3) is 6.14. The molecule has 0 aliphatic heterocycles. The predicted molar refractivity (Wildman–Crippen MR) is 133 cm³/mol. The Kier molecular flexibility index (Phi) is 8.07. The molecule has 3 aromatic carbocycles. The number of aliphatic hydroxyl groups is 1. The van der Waals surface area contributed by atoms with E-state index in [1.807, 2.05) is 48.5 Å². The van der Waals surface area contributed by atoms with Crippen LogP contribution in [-0.4, -0.2) is 58.9 Å². The minimum atomic E-state index is -1.10. The minimum Gasteiger partial charge on any atom is -0.484 e. The molecule has 2 N–H and O–H groups in total. The van der Waals surface area contributed by atoms with E-state index in [4.69, 9.17) is 19.3 Å². The van der Waals surface area contributed by atoms with Crippen molar-refractivity contribution in [3.8, 4) is 23.0 Å². The maximum Gasteiger partial charge on any atom is 0.341 e. The van der Waals surface area contributed by atoms with Gasteiger partial charge in [-0.05, 0) is 61.7 Å². The molecule has 3 aromatic rings. The molecule has 1 aliphatic carbocycles. The van der Waals surface area contributed by atoms with Crippen LogP contribution in [0.2, 0.25) is 0 Å². The highest BCUT2D eigenvalue weighted by molar-refractivity contribution is 5.94. The SMILES string of the molecule is CN(C(=O)c1cccc(OCC(=O)O)c1)[C@@H]1CCC[C@@H](Oc2ccccc2Oc2ccccc2)[C@@H]1O. The van der Waals surface area contributed by atoms with Crippen molar-refractivity contribution >= 4 is 11.9 Å². The Hall–Kier alpha value is -4.04. The van der Waals surface area contributed by atoms with Crippen molar-refractivity contribution in [3.05, 3.63) is 84.4 Å². The first-order valence-electron chi connectivity index (χ1n) is 11.8. The average Bonchev–Trinajstić information content (AvgIpc) is 2.89. The Morgan fingerprint density at radius 1 is 0.917 bits per heavy atom. The number of rotatable bonds is 9. The number of hydrogen-bond acceptors (Lipinski definition) is 6. The number of carbonyl (C=O) groups excluding carboxylic acids is 1.